The number of rotatable bonds is 7. The highest BCUT2D eigenvalue weighted by atomic mass is 16.7. The molecule has 44 heavy (non-hydrogen) atoms. The van der Waals surface area contributed by atoms with Crippen molar-refractivity contribution in [2.24, 2.45) is 0 Å². The molecule has 10 unspecified atom stereocenters. The van der Waals surface area contributed by atoms with E-state index in [1.54, 1.807) is 0 Å². The van der Waals surface area contributed by atoms with E-state index in [9.17, 15) is 61.0 Å². The van der Waals surface area contributed by atoms with E-state index in [0.29, 0.717) is 0 Å². The first-order chi connectivity index (χ1) is 20.9. The first-order valence-electron chi connectivity index (χ1n) is 13.2. The minimum Gasteiger partial charge on any atom is -0.508 e. The van der Waals surface area contributed by atoms with Crippen LogP contribution in [0.5, 0.6) is 28.7 Å². The van der Waals surface area contributed by atoms with Gasteiger partial charge in [0.25, 0.3) is 0 Å². The Morgan fingerprint density at radius 3 is 1.66 bits per heavy atom. The molecule has 0 spiro atoms. The number of aliphatic hydroxyl groups is 8. The van der Waals surface area contributed by atoms with Crippen LogP contribution in [0.1, 0.15) is 0 Å². The van der Waals surface area contributed by atoms with Crippen LogP contribution in [0.3, 0.4) is 0 Å². The molecular formula is C27H30O17. The van der Waals surface area contributed by atoms with E-state index in [1.807, 2.05) is 0 Å². The Balaban J connectivity index is 1.67. The number of fused-ring (bicyclic) bond motifs is 1. The van der Waals surface area contributed by atoms with Crippen molar-refractivity contribution in [3.63, 3.8) is 0 Å². The summed E-state index contributed by atoms with van der Waals surface area (Å²) in [6, 6.07) is 5.27. The van der Waals surface area contributed by atoms with Gasteiger partial charge in [0, 0.05) is 0 Å². The predicted molar refractivity (Wildman–Crippen MR) is 142 cm³/mol. The van der Waals surface area contributed by atoms with Crippen molar-refractivity contribution in [1.29, 1.82) is 0 Å². The maximum absolute atomic E-state index is 13.7. The van der Waals surface area contributed by atoms with Crippen molar-refractivity contribution in [3.8, 4) is 39.9 Å². The van der Waals surface area contributed by atoms with E-state index in [4.69, 9.17) is 23.4 Å². The molecule has 10 atom stereocenters. The van der Waals surface area contributed by atoms with Crippen molar-refractivity contribution >= 4 is 11.0 Å². The standard InChI is InChI=1S/C27H30O17/c28-5-11-15(32)18(35)20(37)26(41-11)43-24-17(34)13-14(31)10(8-1-3-9(30)4-2-8)7-40-23(13)25(22(24)39)44-27-21(38)19(36)16(33)12(6-29)42-27/h1-4,7,11-12,15-16,18-21,26-30,32-39H,5-6H2. The lowest BCUT2D eigenvalue weighted by atomic mass is 9.99. The van der Waals surface area contributed by atoms with Crippen LogP contribution in [-0.4, -0.2) is 131 Å². The molecule has 2 aliphatic rings. The highest BCUT2D eigenvalue weighted by molar-refractivity contribution is 5.96. The van der Waals surface area contributed by atoms with E-state index < -0.39 is 114 Å². The van der Waals surface area contributed by atoms with Crippen LogP contribution in [0.25, 0.3) is 22.1 Å². The Kier molecular flexibility index (Phi) is 8.87. The van der Waals surface area contributed by atoms with Gasteiger partial charge in [-0.05, 0) is 17.7 Å². The molecule has 0 amide bonds. The summed E-state index contributed by atoms with van der Waals surface area (Å²) in [5.74, 6) is -4.14. The van der Waals surface area contributed by atoms with Gasteiger partial charge in [-0.2, -0.15) is 0 Å². The predicted octanol–water partition coefficient (Wildman–Crippen LogP) is -3.07. The fourth-order valence-electron chi connectivity index (χ4n) is 4.91. The summed E-state index contributed by atoms with van der Waals surface area (Å²) in [6.45, 7) is -1.67. The minimum atomic E-state index is -2.02. The summed E-state index contributed by atoms with van der Waals surface area (Å²) in [4.78, 5) is 13.7. The summed E-state index contributed by atoms with van der Waals surface area (Å²) < 4.78 is 27.2. The molecule has 11 N–H and O–H groups in total. The number of ether oxygens (including phenoxy) is 4. The SMILES string of the molecule is O=c1c(-c2ccc(O)cc2)coc2c(OC3OC(CO)C(O)C(O)C3O)c(O)c(OC3OC(CO)C(O)C(O)C3O)c(O)c12. The van der Waals surface area contributed by atoms with Crippen LogP contribution in [-0.2, 0) is 9.47 Å². The number of benzene rings is 2. The summed E-state index contributed by atoms with van der Waals surface area (Å²) in [6.07, 6.45) is -17.2. The van der Waals surface area contributed by atoms with Gasteiger partial charge in [-0.3, -0.25) is 4.79 Å². The third-order valence-electron chi connectivity index (χ3n) is 7.42. The number of hydrogen-bond donors (Lipinski definition) is 11. The van der Waals surface area contributed by atoms with Crippen LogP contribution < -0.4 is 14.9 Å². The number of phenols is 3. The van der Waals surface area contributed by atoms with Gasteiger partial charge < -0.3 is 79.5 Å². The molecule has 2 fully saturated rings. The van der Waals surface area contributed by atoms with Gasteiger partial charge in [-0.1, -0.05) is 12.1 Å². The molecule has 0 saturated carbocycles. The maximum atomic E-state index is 13.7. The molecule has 2 saturated heterocycles. The molecule has 0 bridgehead atoms. The molecule has 240 valence electrons. The van der Waals surface area contributed by atoms with Gasteiger partial charge >= 0.3 is 0 Å². The fraction of sp³-hybridized carbons (Fsp3) is 0.444. The second-order valence-corrected chi connectivity index (χ2v) is 10.2. The van der Waals surface area contributed by atoms with E-state index in [1.165, 1.54) is 24.3 Å². The molecule has 5 rings (SSSR count). The summed E-state index contributed by atoms with van der Waals surface area (Å²) in [5, 5.41) is 112. The highest BCUT2D eigenvalue weighted by Gasteiger charge is 2.47. The first kappa shape index (κ1) is 31.7. The number of aliphatic hydroxyl groups excluding tert-OH is 8. The monoisotopic (exact) mass is 626 g/mol. The van der Waals surface area contributed by atoms with Crippen molar-refractivity contribution in [2.45, 2.75) is 61.4 Å². The molecule has 0 aliphatic carbocycles. The van der Waals surface area contributed by atoms with E-state index in [2.05, 4.69) is 0 Å². The molecule has 2 aromatic carbocycles. The van der Waals surface area contributed by atoms with E-state index in [-0.39, 0.29) is 16.9 Å². The molecule has 0 radical (unpaired) electrons. The third kappa shape index (κ3) is 5.39. The lowest BCUT2D eigenvalue weighted by Gasteiger charge is -2.40. The van der Waals surface area contributed by atoms with Crippen molar-refractivity contribution in [3.05, 3.63) is 40.8 Å². The Hall–Kier alpha value is -3.75. The largest absolute Gasteiger partial charge is 0.508 e. The second-order valence-electron chi connectivity index (χ2n) is 10.2. The maximum Gasteiger partial charge on any atom is 0.229 e. The Morgan fingerprint density at radius 1 is 0.659 bits per heavy atom. The van der Waals surface area contributed by atoms with Gasteiger partial charge in [0.05, 0.1) is 18.8 Å². The Morgan fingerprint density at radius 2 is 1.16 bits per heavy atom. The zero-order chi connectivity index (χ0) is 32.0. The zero-order valence-corrected chi connectivity index (χ0v) is 22.4. The molecule has 17 heteroatoms. The number of phenolic OH excluding ortho intramolecular Hbond substituents is 3. The van der Waals surface area contributed by atoms with Gasteiger partial charge in [0.1, 0.15) is 66.2 Å². The summed E-state index contributed by atoms with van der Waals surface area (Å²) in [5.41, 5.74) is -1.51. The Labute approximate surface area is 246 Å². The lowest BCUT2D eigenvalue weighted by molar-refractivity contribution is -0.279. The zero-order valence-electron chi connectivity index (χ0n) is 22.4. The van der Waals surface area contributed by atoms with Crippen molar-refractivity contribution in [2.75, 3.05) is 13.2 Å². The minimum absolute atomic E-state index is 0.114. The Bertz CT molecular complexity index is 1540. The summed E-state index contributed by atoms with van der Waals surface area (Å²) >= 11 is 0. The molecule has 3 aromatic rings. The van der Waals surface area contributed by atoms with Crippen LogP contribution >= 0.6 is 0 Å². The van der Waals surface area contributed by atoms with Gasteiger partial charge in [0.15, 0.2) is 11.3 Å². The van der Waals surface area contributed by atoms with Crippen molar-refractivity contribution in [1.82, 2.24) is 0 Å². The van der Waals surface area contributed by atoms with Gasteiger partial charge in [-0.15, -0.1) is 0 Å². The number of aromatic hydroxyl groups is 3. The average Bonchev–Trinajstić information content (AvgIpc) is 3.01. The van der Waals surface area contributed by atoms with Crippen LogP contribution in [0, 0.1) is 0 Å². The normalized spacial score (nSPS) is 32.5. The molecule has 1 aromatic heterocycles. The average molecular weight is 627 g/mol. The smallest absolute Gasteiger partial charge is 0.229 e. The first-order valence-corrected chi connectivity index (χ1v) is 13.2. The quantitative estimate of drug-likeness (QED) is 0.124. The summed E-state index contributed by atoms with van der Waals surface area (Å²) in [7, 11) is 0. The topological polar surface area (TPSA) is 290 Å². The molecule has 3 heterocycles. The van der Waals surface area contributed by atoms with Gasteiger partial charge in [0.2, 0.25) is 35.3 Å². The highest BCUT2D eigenvalue weighted by Crippen LogP contribution is 2.51. The lowest BCUT2D eigenvalue weighted by Crippen LogP contribution is -2.60. The molecule has 2 aliphatic heterocycles. The van der Waals surface area contributed by atoms with Crippen LogP contribution in [0.2, 0.25) is 0 Å². The van der Waals surface area contributed by atoms with E-state index in [0.717, 1.165) is 6.26 Å². The third-order valence-corrected chi connectivity index (χ3v) is 7.42. The molecular weight excluding hydrogens is 596 g/mol. The second kappa shape index (κ2) is 12.3. The fourth-order valence-corrected chi connectivity index (χ4v) is 4.91. The van der Waals surface area contributed by atoms with Gasteiger partial charge in [-0.25, -0.2) is 0 Å². The van der Waals surface area contributed by atoms with Crippen molar-refractivity contribution < 1.29 is 79.5 Å². The van der Waals surface area contributed by atoms with Crippen LogP contribution in [0.15, 0.2) is 39.7 Å². The number of hydrogen-bond acceptors (Lipinski definition) is 17. The molecule has 17 nitrogen and oxygen atoms in total. The van der Waals surface area contributed by atoms with Crippen LogP contribution in [0.4, 0.5) is 0 Å². The van der Waals surface area contributed by atoms with E-state index >= 15 is 0 Å².